The molecule has 0 saturated heterocycles. The van der Waals surface area contributed by atoms with Gasteiger partial charge in [0.05, 0.1) is 0 Å². The largest absolute Gasteiger partial charge is 0 e. The second kappa shape index (κ2) is 9.98. The summed E-state index contributed by atoms with van der Waals surface area (Å²) in [4.78, 5) is 0. The van der Waals surface area contributed by atoms with E-state index in [1.807, 2.05) is 0 Å². The minimum Gasteiger partial charge on any atom is 0 e. The van der Waals surface area contributed by atoms with E-state index in [2.05, 4.69) is 0 Å². The number of hydrogen-bond acceptors (Lipinski definition) is 1. The van der Waals surface area contributed by atoms with Crippen molar-refractivity contribution in [1.29, 1.82) is 0 Å². The Kier molecular flexibility index (Phi) is 22.0. The van der Waals surface area contributed by atoms with Crippen LogP contribution in [-0.2, 0) is 27.1 Å². The molecule has 0 fully saturated rings. The van der Waals surface area contributed by atoms with Crippen LogP contribution in [-0.4, -0.2) is 12.4 Å². The van der Waals surface area contributed by atoms with Gasteiger partial charge in [-0.1, -0.05) is 0 Å². The Morgan fingerprint density at radius 2 is 1.75 bits per heavy atom. The molecule has 2 nitrogen and oxygen atoms in total. The molecular formula is HAgBO2. The van der Waals surface area contributed by atoms with Gasteiger partial charge in [-0.25, -0.2) is 0 Å². The molecule has 0 heterocycles. The predicted molar refractivity (Wildman–Crippen MR) is 8.66 cm³/mol. The molecular weight excluding hydrogens is 151 g/mol. The first kappa shape index (κ1) is 8.83. The molecule has 0 aromatic carbocycles. The SMILES string of the molecule is O=BO.[Ag]. The smallest absolute Gasteiger partial charge is 0 e. The van der Waals surface area contributed by atoms with Gasteiger partial charge in [-0.05, 0) is 0 Å². The summed E-state index contributed by atoms with van der Waals surface area (Å²) in [7, 11) is -0.250. The summed E-state index contributed by atoms with van der Waals surface area (Å²) in [5.74, 6) is 0. The number of hydrogen-bond donors (Lipinski definition) is 1. The quantitative estimate of drug-likeness (QED) is 0.449. The minimum atomic E-state index is -0.250. The van der Waals surface area contributed by atoms with Gasteiger partial charge in [0, 0.05) is 22.4 Å². The topological polar surface area (TPSA) is 37.3 Å². The molecule has 0 saturated carbocycles. The second-order valence-corrected chi connectivity index (χ2v) is 0.105. The fourth-order valence-electron chi connectivity index (χ4n) is 0. The molecule has 0 unspecified atom stereocenters. The van der Waals surface area contributed by atoms with E-state index >= 15 is 0 Å². The van der Waals surface area contributed by atoms with Crippen LogP contribution in [0, 0.1) is 0 Å². The Balaban J connectivity index is 0. The third-order valence-corrected chi connectivity index (χ3v) is 0. The average Bonchev–Trinajstić information content (AvgIpc) is 0.918. The first-order valence-corrected chi connectivity index (χ1v) is 0.494. The summed E-state index contributed by atoms with van der Waals surface area (Å²) in [5.41, 5.74) is 0. The molecule has 0 aliphatic carbocycles. The van der Waals surface area contributed by atoms with Gasteiger partial charge in [0.25, 0.3) is 0 Å². The molecule has 0 bridgehead atoms. The van der Waals surface area contributed by atoms with Crippen LogP contribution >= 0.6 is 0 Å². The van der Waals surface area contributed by atoms with Gasteiger partial charge in [-0.2, -0.15) is 0 Å². The van der Waals surface area contributed by atoms with Crippen molar-refractivity contribution in [2.75, 3.05) is 0 Å². The van der Waals surface area contributed by atoms with Crippen LogP contribution in [0.4, 0.5) is 0 Å². The maximum Gasteiger partial charge on any atom is 0 e. The average molecular weight is 152 g/mol. The molecule has 4 heteroatoms. The van der Waals surface area contributed by atoms with Crippen LogP contribution in [0.1, 0.15) is 0 Å². The zero-order valence-electron chi connectivity index (χ0n) is 1.73. The van der Waals surface area contributed by atoms with Crippen LogP contribution in [0.2, 0.25) is 0 Å². The van der Waals surface area contributed by atoms with Crippen LogP contribution in [0.3, 0.4) is 0 Å². The summed E-state index contributed by atoms with van der Waals surface area (Å²) >= 11 is 0. The van der Waals surface area contributed by atoms with Gasteiger partial charge in [-0.15, -0.1) is 0 Å². The van der Waals surface area contributed by atoms with E-state index in [-0.39, 0.29) is 29.7 Å². The Morgan fingerprint density at radius 3 is 1.75 bits per heavy atom. The molecule has 0 rings (SSSR count). The van der Waals surface area contributed by atoms with Crippen LogP contribution < -0.4 is 0 Å². The van der Waals surface area contributed by atoms with E-state index in [0.717, 1.165) is 0 Å². The summed E-state index contributed by atoms with van der Waals surface area (Å²) in [6, 6.07) is 0. The normalized spacial score (nSPS) is 2.00. The van der Waals surface area contributed by atoms with Crippen molar-refractivity contribution >= 4 is 7.35 Å². The van der Waals surface area contributed by atoms with E-state index in [9.17, 15) is 0 Å². The van der Waals surface area contributed by atoms with E-state index in [0.29, 0.717) is 0 Å². The van der Waals surface area contributed by atoms with E-state index in [1.165, 1.54) is 0 Å². The maximum atomic E-state index is 8.36. The molecule has 0 amide bonds. The van der Waals surface area contributed by atoms with Gasteiger partial charge in [0.1, 0.15) is 0 Å². The van der Waals surface area contributed by atoms with Crippen LogP contribution in [0.5, 0.6) is 0 Å². The first-order valence-electron chi connectivity index (χ1n) is 0.494. The van der Waals surface area contributed by atoms with E-state index < -0.39 is 0 Å². The van der Waals surface area contributed by atoms with Crippen molar-refractivity contribution in [1.82, 2.24) is 0 Å². The van der Waals surface area contributed by atoms with Crippen molar-refractivity contribution in [3.05, 3.63) is 0 Å². The molecule has 0 atom stereocenters. The summed E-state index contributed by atoms with van der Waals surface area (Å²) < 4.78 is 8.36. The van der Waals surface area contributed by atoms with Gasteiger partial charge in [-0.3, -0.25) is 0 Å². The fraction of sp³-hybridized carbons (Fsp3) is 0. The molecule has 0 aliphatic heterocycles. The predicted octanol–water partition coefficient (Wildman–Crippen LogP) is -1.06. The Hall–Kier alpha value is 0.405. The van der Waals surface area contributed by atoms with Gasteiger partial charge >= 0.3 is 17.1 Å². The zero-order chi connectivity index (χ0) is 2.71. The first-order chi connectivity index (χ1) is 1.41. The molecule has 1 radical (unpaired) electrons. The molecule has 0 aliphatic rings. The Morgan fingerprint density at radius 1 is 1.75 bits per heavy atom. The molecule has 0 spiro atoms. The summed E-state index contributed by atoms with van der Waals surface area (Å²) in [6.07, 6.45) is 0. The van der Waals surface area contributed by atoms with Crippen LogP contribution in [0.25, 0.3) is 0 Å². The van der Waals surface area contributed by atoms with E-state index in [1.54, 1.807) is 0 Å². The third kappa shape index (κ3) is 28.9. The van der Waals surface area contributed by atoms with Gasteiger partial charge in [0.15, 0.2) is 0 Å². The zero-order valence-corrected chi connectivity index (χ0v) is 3.22. The molecule has 0 aromatic rings. The van der Waals surface area contributed by atoms with E-state index in [4.69, 9.17) is 9.73 Å². The third-order valence-electron chi connectivity index (χ3n) is 0. The molecule has 27 valence electrons. The van der Waals surface area contributed by atoms with Crippen molar-refractivity contribution in [3.8, 4) is 0 Å². The summed E-state index contributed by atoms with van der Waals surface area (Å²) in [5, 5.41) is 6.89. The monoisotopic (exact) mass is 151 g/mol. The molecule has 1 N–H and O–H groups in total. The fourth-order valence-corrected chi connectivity index (χ4v) is 0. The van der Waals surface area contributed by atoms with Crippen molar-refractivity contribution < 1.29 is 32.1 Å². The minimum absolute atomic E-state index is 0. The van der Waals surface area contributed by atoms with Crippen molar-refractivity contribution in [3.63, 3.8) is 0 Å². The number of rotatable bonds is 0. The van der Waals surface area contributed by atoms with Gasteiger partial charge in [0.2, 0.25) is 0 Å². The second-order valence-electron chi connectivity index (χ2n) is 0.105. The molecule has 0 aromatic heterocycles. The Labute approximate surface area is 40.0 Å². The van der Waals surface area contributed by atoms with Crippen LogP contribution in [0.15, 0.2) is 0 Å². The maximum absolute atomic E-state index is 8.36. The van der Waals surface area contributed by atoms with Gasteiger partial charge < -0.3 is 0 Å². The van der Waals surface area contributed by atoms with Crippen molar-refractivity contribution in [2.24, 2.45) is 0 Å². The molecule has 4 heavy (non-hydrogen) atoms. The Bertz CT molecular complexity index is 13.5. The van der Waals surface area contributed by atoms with Crippen molar-refractivity contribution in [2.45, 2.75) is 0 Å². The summed E-state index contributed by atoms with van der Waals surface area (Å²) in [6.45, 7) is 0. The standard InChI is InChI=1S/Ag.BHO2/c;2-1-3/h;2H.